The van der Waals surface area contributed by atoms with E-state index >= 15 is 0 Å². The Morgan fingerprint density at radius 2 is 2.29 bits per heavy atom. The number of aromatic hydroxyl groups is 1. The molecule has 0 saturated heterocycles. The van der Waals surface area contributed by atoms with Crippen LogP contribution in [0.15, 0.2) is 6.20 Å². The number of ether oxygens (including phenoxy) is 1. The largest absolute Gasteiger partial charge is 0.506 e. The normalized spacial score (nSPS) is 10.6. The molecular weight excluding hydrogens is 234 g/mol. The maximum Gasteiger partial charge on any atom is 0.311 e. The molecule has 0 saturated carbocycles. The molecule has 5 nitrogen and oxygen atoms in total. The van der Waals surface area contributed by atoms with E-state index in [2.05, 4.69) is 9.72 Å². The van der Waals surface area contributed by atoms with E-state index in [9.17, 15) is 18.7 Å². The summed E-state index contributed by atoms with van der Waals surface area (Å²) in [6.07, 6.45) is -2.27. The minimum Gasteiger partial charge on any atom is -0.506 e. The van der Waals surface area contributed by atoms with Gasteiger partial charge in [0, 0.05) is 12.1 Å². The zero-order valence-electron chi connectivity index (χ0n) is 9.11. The number of rotatable bonds is 4. The van der Waals surface area contributed by atoms with E-state index in [4.69, 9.17) is 5.73 Å². The van der Waals surface area contributed by atoms with Crippen molar-refractivity contribution in [3.8, 4) is 5.75 Å². The quantitative estimate of drug-likeness (QED) is 0.771. The van der Waals surface area contributed by atoms with Gasteiger partial charge in [0.25, 0.3) is 6.43 Å². The van der Waals surface area contributed by atoms with Crippen LogP contribution in [0.4, 0.5) is 8.78 Å². The van der Waals surface area contributed by atoms with Gasteiger partial charge in [-0.15, -0.1) is 0 Å². The second-order valence-electron chi connectivity index (χ2n) is 3.24. The maximum atomic E-state index is 12.7. The van der Waals surface area contributed by atoms with Gasteiger partial charge in [-0.1, -0.05) is 0 Å². The fourth-order valence-corrected chi connectivity index (χ4v) is 1.43. The minimum atomic E-state index is -2.88. The number of hydrogen-bond donors (Lipinski definition) is 2. The predicted molar refractivity (Wildman–Crippen MR) is 54.5 cm³/mol. The standard InChI is InChI=1S/C10H12F2N2O3/c1-17-8(16)2-6-5(3-13)9(10(11)12)7(15)4-14-6/h4,10,15H,2-3,13H2,1H3. The highest BCUT2D eigenvalue weighted by atomic mass is 19.3. The van der Waals surface area contributed by atoms with Gasteiger partial charge < -0.3 is 15.6 Å². The molecule has 0 fully saturated rings. The van der Waals surface area contributed by atoms with Crippen LogP contribution in [0.1, 0.15) is 23.2 Å². The molecule has 3 N–H and O–H groups in total. The molecular formula is C10H12F2N2O3. The molecule has 0 aliphatic rings. The van der Waals surface area contributed by atoms with Crippen molar-refractivity contribution in [1.29, 1.82) is 0 Å². The van der Waals surface area contributed by atoms with E-state index in [1.165, 1.54) is 7.11 Å². The first-order valence-corrected chi connectivity index (χ1v) is 4.75. The number of nitrogens with two attached hydrogens (primary N) is 1. The zero-order chi connectivity index (χ0) is 13.0. The van der Waals surface area contributed by atoms with Gasteiger partial charge in [0.15, 0.2) is 0 Å². The minimum absolute atomic E-state index is 0.0228. The summed E-state index contributed by atoms with van der Waals surface area (Å²) in [5, 5.41) is 9.29. The Balaban J connectivity index is 3.23. The van der Waals surface area contributed by atoms with Crippen molar-refractivity contribution in [3.05, 3.63) is 23.0 Å². The number of aromatic nitrogens is 1. The first-order chi connectivity index (χ1) is 8.01. The number of esters is 1. The first-order valence-electron chi connectivity index (χ1n) is 4.75. The van der Waals surface area contributed by atoms with E-state index in [-0.39, 0.29) is 24.2 Å². The first kappa shape index (κ1) is 13.3. The van der Waals surface area contributed by atoms with Crippen molar-refractivity contribution >= 4 is 5.97 Å². The smallest absolute Gasteiger partial charge is 0.311 e. The molecule has 0 spiro atoms. The Hall–Kier alpha value is -1.76. The van der Waals surface area contributed by atoms with Crippen LogP contribution in [0.2, 0.25) is 0 Å². The lowest BCUT2D eigenvalue weighted by molar-refractivity contribution is -0.139. The summed E-state index contributed by atoms with van der Waals surface area (Å²) < 4.78 is 29.8. The average Bonchev–Trinajstić information content (AvgIpc) is 2.30. The van der Waals surface area contributed by atoms with Gasteiger partial charge in [0.2, 0.25) is 0 Å². The van der Waals surface area contributed by atoms with Crippen molar-refractivity contribution in [3.63, 3.8) is 0 Å². The molecule has 1 heterocycles. The van der Waals surface area contributed by atoms with E-state index in [1.807, 2.05) is 0 Å². The number of carbonyl (C=O) groups is 1. The highest BCUT2D eigenvalue weighted by Gasteiger charge is 2.22. The van der Waals surface area contributed by atoms with Crippen LogP contribution in [0.25, 0.3) is 0 Å². The molecule has 1 aromatic rings. The van der Waals surface area contributed by atoms with E-state index in [1.54, 1.807) is 0 Å². The van der Waals surface area contributed by atoms with Crippen LogP contribution in [-0.4, -0.2) is 23.2 Å². The van der Waals surface area contributed by atoms with Crippen molar-refractivity contribution in [1.82, 2.24) is 4.98 Å². The second kappa shape index (κ2) is 5.53. The number of hydrogen-bond acceptors (Lipinski definition) is 5. The summed E-state index contributed by atoms with van der Waals surface area (Å²) in [5.41, 5.74) is 4.82. The summed E-state index contributed by atoms with van der Waals surface area (Å²) in [5.74, 6) is -1.24. The number of alkyl halides is 2. The molecule has 0 bridgehead atoms. The van der Waals surface area contributed by atoms with E-state index < -0.39 is 23.7 Å². The molecule has 0 aliphatic carbocycles. The van der Waals surface area contributed by atoms with Crippen molar-refractivity contribution in [2.24, 2.45) is 5.73 Å². The Morgan fingerprint density at radius 3 is 2.76 bits per heavy atom. The molecule has 0 aromatic carbocycles. The lowest BCUT2D eigenvalue weighted by Gasteiger charge is -2.12. The topological polar surface area (TPSA) is 85.4 Å². The molecule has 17 heavy (non-hydrogen) atoms. The van der Waals surface area contributed by atoms with Gasteiger partial charge in [0.1, 0.15) is 5.75 Å². The number of pyridine rings is 1. The molecule has 0 aliphatic heterocycles. The van der Waals surface area contributed by atoms with Crippen molar-refractivity contribution < 1.29 is 23.4 Å². The molecule has 0 radical (unpaired) electrons. The Labute approximate surface area is 96.2 Å². The summed E-state index contributed by atoms with van der Waals surface area (Å²) in [7, 11) is 1.18. The van der Waals surface area contributed by atoms with Crippen LogP contribution >= 0.6 is 0 Å². The van der Waals surface area contributed by atoms with Gasteiger partial charge in [-0.2, -0.15) is 0 Å². The maximum absolute atomic E-state index is 12.7. The van der Waals surface area contributed by atoms with Crippen molar-refractivity contribution in [2.45, 2.75) is 19.4 Å². The Kier molecular flexibility index (Phi) is 4.33. The summed E-state index contributed by atoms with van der Waals surface area (Å²) in [6, 6.07) is 0. The predicted octanol–water partition coefficient (Wildman–Crippen LogP) is 0.899. The zero-order valence-corrected chi connectivity index (χ0v) is 9.11. The fourth-order valence-electron chi connectivity index (χ4n) is 1.43. The van der Waals surface area contributed by atoms with Gasteiger partial charge in [-0.25, -0.2) is 8.78 Å². The number of methoxy groups -OCH3 is 1. The molecule has 7 heteroatoms. The Bertz CT molecular complexity index is 424. The summed E-state index contributed by atoms with van der Waals surface area (Å²) >= 11 is 0. The number of carbonyl (C=O) groups excluding carboxylic acids is 1. The monoisotopic (exact) mass is 246 g/mol. The van der Waals surface area contributed by atoms with Gasteiger partial charge in [0.05, 0.1) is 31.0 Å². The summed E-state index contributed by atoms with van der Waals surface area (Å²) in [4.78, 5) is 14.8. The molecule has 0 atom stereocenters. The fraction of sp³-hybridized carbons (Fsp3) is 0.400. The Morgan fingerprint density at radius 1 is 1.65 bits per heavy atom. The van der Waals surface area contributed by atoms with Gasteiger partial charge in [-0.05, 0) is 0 Å². The molecule has 1 rings (SSSR count). The molecule has 1 aromatic heterocycles. The number of halogens is 2. The molecule has 0 unspecified atom stereocenters. The SMILES string of the molecule is COC(=O)Cc1ncc(O)c(C(F)F)c1CN. The highest BCUT2D eigenvalue weighted by Crippen LogP contribution is 2.32. The average molecular weight is 246 g/mol. The third-order valence-corrected chi connectivity index (χ3v) is 2.25. The van der Waals surface area contributed by atoms with Crippen LogP contribution in [0.5, 0.6) is 5.75 Å². The lowest BCUT2D eigenvalue weighted by Crippen LogP contribution is -2.13. The third kappa shape index (κ3) is 2.88. The van der Waals surface area contributed by atoms with Crippen LogP contribution < -0.4 is 5.73 Å². The lowest BCUT2D eigenvalue weighted by atomic mass is 10.0. The highest BCUT2D eigenvalue weighted by molar-refractivity contribution is 5.72. The second-order valence-corrected chi connectivity index (χ2v) is 3.24. The van der Waals surface area contributed by atoms with E-state index in [0.29, 0.717) is 0 Å². The molecule has 0 amide bonds. The van der Waals surface area contributed by atoms with E-state index in [0.717, 1.165) is 6.20 Å². The van der Waals surface area contributed by atoms with Gasteiger partial charge >= 0.3 is 5.97 Å². The van der Waals surface area contributed by atoms with Gasteiger partial charge in [-0.3, -0.25) is 9.78 Å². The van der Waals surface area contributed by atoms with Crippen LogP contribution in [0.3, 0.4) is 0 Å². The summed E-state index contributed by atoms with van der Waals surface area (Å²) in [6.45, 7) is -0.243. The third-order valence-electron chi connectivity index (χ3n) is 2.25. The molecule has 94 valence electrons. The van der Waals surface area contributed by atoms with Crippen molar-refractivity contribution in [2.75, 3.05) is 7.11 Å². The van der Waals surface area contributed by atoms with Crippen LogP contribution in [-0.2, 0) is 22.5 Å². The number of nitrogens with zero attached hydrogens (tertiary/aromatic N) is 1. The van der Waals surface area contributed by atoms with Crippen LogP contribution in [0, 0.1) is 0 Å².